The van der Waals surface area contributed by atoms with Crippen LogP contribution in [-0.2, 0) is 4.79 Å². The van der Waals surface area contributed by atoms with Crippen LogP contribution >= 0.6 is 11.6 Å². The Balaban J connectivity index is 1.82. The van der Waals surface area contributed by atoms with Crippen molar-refractivity contribution >= 4 is 23.5 Å². The standard InChI is InChI=1S/C19H22ClN3O3/c1-11(2)17-16(10-21-23(17)15-7-4-13(20)5-8-15)18(24)22-14-6-3-12(9-14)19(25)26/h4-5,7-8,10-12,14H,3,6,9H2,1-2H3,(H,22,24)(H,25,26)/t12-,14+/m1/s1. The molecule has 1 aliphatic rings. The van der Waals surface area contributed by atoms with Gasteiger partial charge in [-0.15, -0.1) is 0 Å². The molecular weight excluding hydrogens is 354 g/mol. The number of nitrogens with one attached hydrogen (secondary N) is 1. The number of aliphatic carboxylic acids is 1. The second-order valence-electron chi connectivity index (χ2n) is 7.01. The number of carboxylic acid groups (broad SMARTS) is 1. The minimum atomic E-state index is -0.792. The van der Waals surface area contributed by atoms with E-state index < -0.39 is 5.97 Å². The third-order valence-electron chi connectivity index (χ3n) is 4.79. The first-order valence-electron chi connectivity index (χ1n) is 8.74. The number of carbonyl (C=O) groups excluding carboxylic acids is 1. The Morgan fingerprint density at radius 2 is 1.96 bits per heavy atom. The van der Waals surface area contributed by atoms with Crippen LogP contribution in [0, 0.1) is 5.92 Å². The SMILES string of the molecule is CC(C)c1c(C(=O)N[C@H]2CC[C@@H](C(=O)O)C2)cnn1-c1ccc(Cl)cc1. The maximum atomic E-state index is 12.8. The second kappa shape index (κ2) is 7.50. The van der Waals surface area contributed by atoms with Crippen LogP contribution < -0.4 is 5.32 Å². The van der Waals surface area contributed by atoms with E-state index in [2.05, 4.69) is 10.4 Å². The molecule has 6 nitrogen and oxygen atoms in total. The summed E-state index contributed by atoms with van der Waals surface area (Å²) in [5.74, 6) is -1.28. The van der Waals surface area contributed by atoms with Crippen molar-refractivity contribution in [3.8, 4) is 5.69 Å². The minimum absolute atomic E-state index is 0.0873. The first-order valence-corrected chi connectivity index (χ1v) is 9.12. The van der Waals surface area contributed by atoms with Gasteiger partial charge in [-0.05, 0) is 49.4 Å². The molecule has 138 valence electrons. The van der Waals surface area contributed by atoms with E-state index in [9.17, 15) is 9.59 Å². The molecule has 1 heterocycles. The Labute approximate surface area is 157 Å². The van der Waals surface area contributed by atoms with Gasteiger partial charge in [-0.3, -0.25) is 9.59 Å². The lowest BCUT2D eigenvalue weighted by Gasteiger charge is -2.15. The number of halogens is 1. The quantitative estimate of drug-likeness (QED) is 0.835. The third-order valence-corrected chi connectivity index (χ3v) is 5.04. The molecule has 1 saturated carbocycles. The first kappa shape index (κ1) is 18.5. The number of aromatic nitrogens is 2. The van der Waals surface area contributed by atoms with Gasteiger partial charge in [0.1, 0.15) is 0 Å². The van der Waals surface area contributed by atoms with E-state index >= 15 is 0 Å². The van der Waals surface area contributed by atoms with E-state index in [1.165, 1.54) is 0 Å². The zero-order chi connectivity index (χ0) is 18.8. The van der Waals surface area contributed by atoms with Crippen molar-refractivity contribution in [1.29, 1.82) is 0 Å². The van der Waals surface area contributed by atoms with Gasteiger partial charge in [0.05, 0.1) is 29.1 Å². The van der Waals surface area contributed by atoms with Crippen LogP contribution in [0.25, 0.3) is 5.69 Å². The smallest absolute Gasteiger partial charge is 0.306 e. The molecule has 7 heteroatoms. The van der Waals surface area contributed by atoms with E-state index in [0.29, 0.717) is 29.8 Å². The highest BCUT2D eigenvalue weighted by Crippen LogP contribution is 2.27. The monoisotopic (exact) mass is 375 g/mol. The van der Waals surface area contributed by atoms with Gasteiger partial charge in [-0.1, -0.05) is 25.4 Å². The van der Waals surface area contributed by atoms with Crippen LogP contribution in [0.3, 0.4) is 0 Å². The molecule has 0 radical (unpaired) electrons. The molecule has 0 bridgehead atoms. The minimum Gasteiger partial charge on any atom is -0.481 e. The Morgan fingerprint density at radius 1 is 1.27 bits per heavy atom. The second-order valence-corrected chi connectivity index (χ2v) is 7.44. The molecule has 2 atom stereocenters. The maximum absolute atomic E-state index is 12.8. The van der Waals surface area contributed by atoms with E-state index in [0.717, 1.165) is 11.4 Å². The summed E-state index contributed by atoms with van der Waals surface area (Å²) in [6, 6.07) is 7.18. The lowest BCUT2D eigenvalue weighted by Crippen LogP contribution is -2.34. The van der Waals surface area contributed by atoms with E-state index in [-0.39, 0.29) is 23.8 Å². The lowest BCUT2D eigenvalue weighted by molar-refractivity contribution is -0.141. The molecule has 1 fully saturated rings. The predicted octanol–water partition coefficient (Wildman–Crippen LogP) is 3.63. The molecular formula is C19H22ClN3O3. The Bertz CT molecular complexity index is 814. The Morgan fingerprint density at radius 3 is 2.54 bits per heavy atom. The average Bonchev–Trinajstić information content (AvgIpc) is 3.22. The molecule has 2 N–H and O–H groups in total. The lowest BCUT2D eigenvalue weighted by atomic mass is 10.0. The summed E-state index contributed by atoms with van der Waals surface area (Å²) in [4.78, 5) is 23.9. The van der Waals surface area contributed by atoms with Gasteiger partial charge in [0.15, 0.2) is 0 Å². The van der Waals surface area contributed by atoms with Gasteiger partial charge in [-0.2, -0.15) is 5.10 Å². The van der Waals surface area contributed by atoms with Crippen molar-refractivity contribution in [2.45, 2.75) is 45.1 Å². The highest BCUT2D eigenvalue weighted by atomic mass is 35.5. The Hall–Kier alpha value is -2.34. The van der Waals surface area contributed by atoms with Crippen LogP contribution in [0.2, 0.25) is 5.02 Å². The molecule has 26 heavy (non-hydrogen) atoms. The fraction of sp³-hybridized carbons (Fsp3) is 0.421. The zero-order valence-corrected chi connectivity index (χ0v) is 15.5. The number of carbonyl (C=O) groups is 2. The number of nitrogens with zero attached hydrogens (tertiary/aromatic N) is 2. The van der Waals surface area contributed by atoms with E-state index in [1.807, 2.05) is 26.0 Å². The molecule has 1 aromatic heterocycles. The fourth-order valence-corrected chi connectivity index (χ4v) is 3.60. The summed E-state index contributed by atoms with van der Waals surface area (Å²) in [6.07, 6.45) is 3.33. The summed E-state index contributed by atoms with van der Waals surface area (Å²) in [5.41, 5.74) is 2.18. The number of rotatable bonds is 5. The highest BCUT2D eigenvalue weighted by molar-refractivity contribution is 6.30. The number of hydrogen-bond donors (Lipinski definition) is 2. The van der Waals surface area contributed by atoms with Crippen LogP contribution in [0.5, 0.6) is 0 Å². The average molecular weight is 376 g/mol. The third kappa shape index (κ3) is 3.75. The number of amides is 1. The van der Waals surface area contributed by atoms with Gasteiger partial charge < -0.3 is 10.4 Å². The van der Waals surface area contributed by atoms with Gasteiger partial charge in [0, 0.05) is 11.1 Å². The van der Waals surface area contributed by atoms with Crippen LogP contribution in [-0.4, -0.2) is 32.8 Å². The summed E-state index contributed by atoms with van der Waals surface area (Å²) in [7, 11) is 0. The largest absolute Gasteiger partial charge is 0.481 e. The Kier molecular flexibility index (Phi) is 5.32. The first-order chi connectivity index (χ1) is 12.4. The normalized spacial score (nSPS) is 19.7. The molecule has 1 aromatic carbocycles. The van der Waals surface area contributed by atoms with Crippen molar-refractivity contribution in [2.75, 3.05) is 0 Å². The summed E-state index contributed by atoms with van der Waals surface area (Å²) < 4.78 is 1.75. The summed E-state index contributed by atoms with van der Waals surface area (Å²) in [5, 5.41) is 17.1. The number of hydrogen-bond acceptors (Lipinski definition) is 3. The summed E-state index contributed by atoms with van der Waals surface area (Å²) >= 11 is 5.95. The van der Waals surface area contributed by atoms with Gasteiger partial charge in [-0.25, -0.2) is 4.68 Å². The van der Waals surface area contributed by atoms with Gasteiger partial charge >= 0.3 is 5.97 Å². The van der Waals surface area contributed by atoms with Gasteiger partial charge in [0.2, 0.25) is 0 Å². The molecule has 1 amide bonds. The molecule has 3 rings (SSSR count). The van der Waals surface area contributed by atoms with Crippen LogP contribution in [0.15, 0.2) is 30.5 Å². The van der Waals surface area contributed by atoms with Gasteiger partial charge in [0.25, 0.3) is 5.91 Å². The van der Waals surface area contributed by atoms with E-state index in [4.69, 9.17) is 16.7 Å². The van der Waals surface area contributed by atoms with Crippen molar-refractivity contribution < 1.29 is 14.7 Å². The fourth-order valence-electron chi connectivity index (χ4n) is 3.48. The predicted molar refractivity (Wildman–Crippen MR) is 98.9 cm³/mol. The maximum Gasteiger partial charge on any atom is 0.306 e. The molecule has 0 aliphatic heterocycles. The molecule has 0 unspecified atom stereocenters. The highest BCUT2D eigenvalue weighted by Gasteiger charge is 2.31. The van der Waals surface area contributed by atoms with Crippen LogP contribution in [0.4, 0.5) is 0 Å². The zero-order valence-electron chi connectivity index (χ0n) is 14.8. The van der Waals surface area contributed by atoms with Crippen molar-refractivity contribution in [1.82, 2.24) is 15.1 Å². The van der Waals surface area contributed by atoms with Crippen molar-refractivity contribution in [3.63, 3.8) is 0 Å². The van der Waals surface area contributed by atoms with E-state index in [1.54, 1.807) is 23.0 Å². The summed E-state index contributed by atoms with van der Waals surface area (Å²) in [6.45, 7) is 4.02. The molecule has 0 saturated heterocycles. The van der Waals surface area contributed by atoms with Crippen molar-refractivity contribution in [2.24, 2.45) is 5.92 Å². The number of carboxylic acids is 1. The van der Waals surface area contributed by atoms with Crippen LogP contribution in [0.1, 0.15) is 55.1 Å². The molecule has 0 spiro atoms. The molecule has 1 aliphatic carbocycles. The van der Waals surface area contributed by atoms with Crippen molar-refractivity contribution in [3.05, 3.63) is 46.7 Å². The topological polar surface area (TPSA) is 84.2 Å². The number of benzene rings is 1. The molecule has 2 aromatic rings.